The summed E-state index contributed by atoms with van der Waals surface area (Å²) in [5.41, 5.74) is 1.72. The third kappa shape index (κ3) is 2.42. The lowest BCUT2D eigenvalue weighted by atomic mass is 10.0. The van der Waals surface area contributed by atoms with Crippen molar-refractivity contribution in [2.75, 3.05) is 0 Å². The maximum Gasteiger partial charge on any atom is 0.197 e. The molecule has 0 saturated heterocycles. The van der Waals surface area contributed by atoms with Crippen LogP contribution in [0.2, 0.25) is 10.0 Å². The minimum atomic E-state index is -0.131. The Balaban J connectivity index is 2.44. The third-order valence-corrected chi connectivity index (χ3v) is 3.24. The second kappa shape index (κ2) is 5.12. The zero-order valence-corrected chi connectivity index (χ0v) is 11.6. The van der Waals surface area contributed by atoms with Gasteiger partial charge in [-0.15, -0.1) is 0 Å². The van der Waals surface area contributed by atoms with Crippen molar-refractivity contribution >= 4 is 29.0 Å². The van der Waals surface area contributed by atoms with Crippen LogP contribution in [0, 0.1) is 6.92 Å². The molecular weight excluding hydrogens is 271 g/mol. The van der Waals surface area contributed by atoms with Gasteiger partial charge in [-0.1, -0.05) is 23.2 Å². The first kappa shape index (κ1) is 13.1. The van der Waals surface area contributed by atoms with Gasteiger partial charge in [0.25, 0.3) is 0 Å². The quantitative estimate of drug-likeness (QED) is 0.804. The molecule has 2 aromatic rings. The van der Waals surface area contributed by atoms with E-state index in [0.717, 1.165) is 6.54 Å². The zero-order valence-electron chi connectivity index (χ0n) is 10.1. The van der Waals surface area contributed by atoms with Gasteiger partial charge in [0.2, 0.25) is 0 Å². The van der Waals surface area contributed by atoms with Crippen LogP contribution in [0.25, 0.3) is 0 Å². The van der Waals surface area contributed by atoms with E-state index in [2.05, 4.69) is 5.10 Å². The molecule has 2 rings (SSSR count). The van der Waals surface area contributed by atoms with Gasteiger partial charge in [0, 0.05) is 23.3 Å². The monoisotopic (exact) mass is 282 g/mol. The smallest absolute Gasteiger partial charge is 0.197 e. The molecule has 0 unspecified atom stereocenters. The number of rotatable bonds is 3. The molecule has 0 radical (unpaired) electrons. The number of nitrogens with zero attached hydrogens (tertiary/aromatic N) is 2. The molecule has 0 aliphatic heterocycles. The Bertz CT molecular complexity index is 605. The Morgan fingerprint density at radius 2 is 2.06 bits per heavy atom. The fourth-order valence-electron chi connectivity index (χ4n) is 1.72. The number of benzene rings is 1. The molecule has 5 heteroatoms. The molecule has 0 spiro atoms. The van der Waals surface area contributed by atoms with Crippen molar-refractivity contribution in [1.82, 2.24) is 9.78 Å². The van der Waals surface area contributed by atoms with Crippen LogP contribution in [-0.2, 0) is 6.54 Å². The lowest BCUT2D eigenvalue weighted by Gasteiger charge is -2.02. The number of hydrogen-bond acceptors (Lipinski definition) is 2. The molecule has 0 fully saturated rings. The second-order valence-electron chi connectivity index (χ2n) is 3.94. The van der Waals surface area contributed by atoms with Crippen LogP contribution in [0.3, 0.4) is 0 Å². The highest BCUT2D eigenvalue weighted by Gasteiger charge is 2.17. The third-order valence-electron chi connectivity index (χ3n) is 2.69. The number of halogens is 2. The van der Waals surface area contributed by atoms with Crippen molar-refractivity contribution in [1.29, 1.82) is 0 Å². The Morgan fingerprint density at radius 3 is 2.61 bits per heavy atom. The zero-order chi connectivity index (χ0) is 13.3. The molecule has 18 heavy (non-hydrogen) atoms. The van der Waals surface area contributed by atoms with Crippen LogP contribution >= 0.6 is 23.2 Å². The van der Waals surface area contributed by atoms with Gasteiger partial charge in [0.05, 0.1) is 16.3 Å². The highest BCUT2D eigenvalue weighted by atomic mass is 35.5. The van der Waals surface area contributed by atoms with Gasteiger partial charge in [0.15, 0.2) is 5.78 Å². The number of carbonyl (C=O) groups is 1. The predicted octanol–water partition coefficient (Wildman–Crippen LogP) is 3.75. The van der Waals surface area contributed by atoms with Crippen LogP contribution in [0.15, 0.2) is 24.4 Å². The summed E-state index contributed by atoms with van der Waals surface area (Å²) in [6.07, 6.45) is 1.74. The summed E-state index contributed by atoms with van der Waals surface area (Å²) in [5.74, 6) is -0.131. The topological polar surface area (TPSA) is 34.9 Å². The first-order valence-electron chi connectivity index (χ1n) is 5.56. The first-order valence-corrected chi connectivity index (χ1v) is 6.32. The van der Waals surface area contributed by atoms with E-state index in [1.54, 1.807) is 29.1 Å². The molecule has 94 valence electrons. The molecule has 1 aromatic heterocycles. The fraction of sp³-hybridized carbons (Fsp3) is 0.231. The summed E-state index contributed by atoms with van der Waals surface area (Å²) in [4.78, 5) is 12.3. The van der Waals surface area contributed by atoms with E-state index in [1.807, 2.05) is 13.8 Å². The minimum Gasteiger partial charge on any atom is -0.288 e. The van der Waals surface area contributed by atoms with E-state index < -0.39 is 0 Å². The van der Waals surface area contributed by atoms with Gasteiger partial charge >= 0.3 is 0 Å². The van der Waals surface area contributed by atoms with E-state index >= 15 is 0 Å². The molecule has 0 amide bonds. The van der Waals surface area contributed by atoms with Crippen molar-refractivity contribution in [3.63, 3.8) is 0 Å². The average Bonchev–Trinajstić information content (AvgIpc) is 2.70. The number of aryl methyl sites for hydroxylation is 2. The van der Waals surface area contributed by atoms with Gasteiger partial charge in [0.1, 0.15) is 0 Å². The van der Waals surface area contributed by atoms with Crippen LogP contribution in [0.1, 0.15) is 28.5 Å². The molecule has 0 aliphatic carbocycles. The second-order valence-corrected chi connectivity index (χ2v) is 4.78. The van der Waals surface area contributed by atoms with E-state index in [-0.39, 0.29) is 5.78 Å². The minimum absolute atomic E-state index is 0.131. The van der Waals surface area contributed by atoms with E-state index in [9.17, 15) is 4.79 Å². The predicted molar refractivity (Wildman–Crippen MR) is 72.5 cm³/mol. The highest BCUT2D eigenvalue weighted by Crippen LogP contribution is 2.24. The largest absolute Gasteiger partial charge is 0.288 e. The maximum absolute atomic E-state index is 12.3. The van der Waals surface area contributed by atoms with Crippen molar-refractivity contribution in [3.8, 4) is 0 Å². The summed E-state index contributed by atoms with van der Waals surface area (Å²) < 4.78 is 1.73. The van der Waals surface area contributed by atoms with E-state index in [0.29, 0.717) is 26.9 Å². The Labute approximate surface area is 115 Å². The summed E-state index contributed by atoms with van der Waals surface area (Å²) in [7, 11) is 0. The van der Waals surface area contributed by atoms with Crippen LogP contribution in [-0.4, -0.2) is 15.6 Å². The summed E-state index contributed by atoms with van der Waals surface area (Å²) in [5, 5.41) is 5.12. The summed E-state index contributed by atoms with van der Waals surface area (Å²) in [6, 6.07) is 4.85. The molecule has 0 bridgehead atoms. The van der Waals surface area contributed by atoms with Gasteiger partial charge in [-0.2, -0.15) is 5.10 Å². The molecular formula is C13H12Cl2N2O. The van der Waals surface area contributed by atoms with Crippen LogP contribution in [0.5, 0.6) is 0 Å². The van der Waals surface area contributed by atoms with Gasteiger partial charge in [-0.25, -0.2) is 0 Å². The number of carbonyl (C=O) groups excluding carboxylic acids is 1. The van der Waals surface area contributed by atoms with Crippen LogP contribution < -0.4 is 0 Å². The molecule has 1 heterocycles. The summed E-state index contributed by atoms with van der Waals surface area (Å²) >= 11 is 11.8. The summed E-state index contributed by atoms with van der Waals surface area (Å²) in [6.45, 7) is 4.50. The van der Waals surface area contributed by atoms with Crippen LogP contribution in [0.4, 0.5) is 0 Å². The normalized spacial score (nSPS) is 10.7. The Kier molecular flexibility index (Phi) is 3.73. The number of aromatic nitrogens is 2. The van der Waals surface area contributed by atoms with Crippen molar-refractivity contribution in [2.24, 2.45) is 0 Å². The number of ketones is 1. The standard InChI is InChI=1S/C13H12Cl2N2O/c1-3-17-7-11(8(2)16-17)13(18)10-5-4-9(14)6-12(10)15/h4-7H,3H2,1-2H3. The van der Waals surface area contributed by atoms with E-state index in [4.69, 9.17) is 23.2 Å². The SMILES string of the molecule is CCn1cc(C(=O)c2ccc(Cl)cc2Cl)c(C)n1. The molecule has 0 N–H and O–H groups in total. The van der Waals surface area contributed by atoms with Crippen molar-refractivity contribution in [2.45, 2.75) is 20.4 Å². The molecule has 0 aliphatic rings. The fourth-order valence-corrected chi connectivity index (χ4v) is 2.22. The maximum atomic E-state index is 12.3. The first-order chi connectivity index (χ1) is 8.52. The van der Waals surface area contributed by atoms with Gasteiger partial charge in [-0.3, -0.25) is 9.48 Å². The Hall–Kier alpha value is -1.32. The Morgan fingerprint density at radius 1 is 1.33 bits per heavy atom. The molecule has 0 saturated carbocycles. The molecule has 3 nitrogen and oxygen atoms in total. The van der Waals surface area contributed by atoms with Crippen molar-refractivity contribution in [3.05, 3.63) is 51.3 Å². The average molecular weight is 283 g/mol. The van der Waals surface area contributed by atoms with Gasteiger partial charge in [-0.05, 0) is 32.0 Å². The van der Waals surface area contributed by atoms with Crippen molar-refractivity contribution < 1.29 is 4.79 Å². The lowest BCUT2D eigenvalue weighted by Crippen LogP contribution is -2.02. The number of hydrogen-bond donors (Lipinski definition) is 0. The molecule has 1 aromatic carbocycles. The molecule has 0 atom stereocenters. The highest BCUT2D eigenvalue weighted by molar-refractivity contribution is 6.37. The van der Waals surface area contributed by atoms with E-state index in [1.165, 1.54) is 0 Å². The van der Waals surface area contributed by atoms with Gasteiger partial charge < -0.3 is 0 Å². The lowest BCUT2D eigenvalue weighted by molar-refractivity contribution is 0.103.